The molecule has 0 aromatic carbocycles. The highest BCUT2D eigenvalue weighted by molar-refractivity contribution is 5.85. The summed E-state index contributed by atoms with van der Waals surface area (Å²) in [6.45, 7) is 1.79. The maximum atomic E-state index is 11.8. The van der Waals surface area contributed by atoms with Crippen molar-refractivity contribution in [1.82, 2.24) is 10.4 Å². The first-order chi connectivity index (χ1) is 6.77. The summed E-state index contributed by atoms with van der Waals surface area (Å²) in [5.74, 6) is 0.648. The van der Waals surface area contributed by atoms with E-state index in [0.717, 1.165) is 32.4 Å². The summed E-state index contributed by atoms with van der Waals surface area (Å²) in [7, 11) is 0. The van der Waals surface area contributed by atoms with Crippen molar-refractivity contribution in [3.8, 4) is 0 Å². The van der Waals surface area contributed by atoms with Crippen molar-refractivity contribution in [3.05, 3.63) is 0 Å². The van der Waals surface area contributed by atoms with Gasteiger partial charge in [0.25, 0.3) is 0 Å². The van der Waals surface area contributed by atoms with Crippen molar-refractivity contribution < 1.29 is 4.79 Å². The molecule has 0 bridgehead atoms. The second-order valence-electron chi connectivity index (χ2n) is 4.37. The molecule has 1 amide bonds. The fourth-order valence-electron chi connectivity index (χ4n) is 2.40. The zero-order chi connectivity index (χ0) is 9.97. The second-order valence-corrected chi connectivity index (χ2v) is 4.37. The van der Waals surface area contributed by atoms with Gasteiger partial charge in [-0.15, -0.1) is 12.4 Å². The molecule has 4 nitrogen and oxygen atoms in total. The third-order valence-electron chi connectivity index (χ3n) is 3.32. The van der Waals surface area contributed by atoms with Crippen molar-refractivity contribution in [2.24, 2.45) is 11.7 Å². The molecule has 3 N–H and O–H groups in total. The van der Waals surface area contributed by atoms with E-state index in [0.29, 0.717) is 12.3 Å². The van der Waals surface area contributed by atoms with E-state index in [4.69, 9.17) is 5.73 Å². The number of amides is 1. The second kappa shape index (κ2) is 5.68. The first-order valence-electron chi connectivity index (χ1n) is 5.57. The van der Waals surface area contributed by atoms with Crippen LogP contribution in [0.2, 0.25) is 0 Å². The number of halogens is 1. The number of carbonyl (C=O) groups excluding carboxylic acids is 1. The summed E-state index contributed by atoms with van der Waals surface area (Å²) in [6, 6.07) is 0.251. The summed E-state index contributed by atoms with van der Waals surface area (Å²) in [4.78, 5) is 11.8. The highest BCUT2D eigenvalue weighted by Gasteiger charge is 2.28. The molecule has 1 heterocycles. The van der Waals surface area contributed by atoms with Gasteiger partial charge in [0, 0.05) is 25.6 Å². The van der Waals surface area contributed by atoms with Gasteiger partial charge in [-0.2, -0.15) is 0 Å². The van der Waals surface area contributed by atoms with Crippen LogP contribution in [0.4, 0.5) is 0 Å². The number of hydrazine groups is 1. The summed E-state index contributed by atoms with van der Waals surface area (Å²) in [6.07, 6.45) is 5.11. The predicted octanol–water partition coefficient (Wildman–Crippen LogP) is 0.663. The molecule has 15 heavy (non-hydrogen) atoms. The van der Waals surface area contributed by atoms with Gasteiger partial charge in [0.15, 0.2) is 0 Å². The van der Waals surface area contributed by atoms with Crippen molar-refractivity contribution in [2.75, 3.05) is 13.1 Å². The lowest BCUT2D eigenvalue weighted by Crippen LogP contribution is -2.39. The largest absolute Gasteiger partial charge is 0.327 e. The summed E-state index contributed by atoms with van der Waals surface area (Å²) in [5.41, 5.74) is 9.02. The molecule has 0 unspecified atom stereocenters. The monoisotopic (exact) mass is 233 g/mol. The van der Waals surface area contributed by atoms with Gasteiger partial charge in [0.2, 0.25) is 5.91 Å². The number of nitrogens with two attached hydrogens (primary N) is 1. The van der Waals surface area contributed by atoms with Crippen LogP contribution in [0.3, 0.4) is 0 Å². The van der Waals surface area contributed by atoms with Crippen LogP contribution in [0.15, 0.2) is 0 Å². The van der Waals surface area contributed by atoms with Gasteiger partial charge in [-0.25, -0.2) is 5.43 Å². The van der Waals surface area contributed by atoms with E-state index in [2.05, 4.69) is 5.43 Å². The Kier molecular flexibility index (Phi) is 4.83. The molecule has 1 saturated carbocycles. The predicted molar refractivity (Wildman–Crippen MR) is 61.5 cm³/mol. The van der Waals surface area contributed by atoms with Crippen LogP contribution >= 0.6 is 12.4 Å². The van der Waals surface area contributed by atoms with E-state index in [-0.39, 0.29) is 24.4 Å². The molecule has 0 aromatic heterocycles. The summed E-state index contributed by atoms with van der Waals surface area (Å²) in [5, 5.41) is 1.76. The van der Waals surface area contributed by atoms with Gasteiger partial charge >= 0.3 is 0 Å². The van der Waals surface area contributed by atoms with Gasteiger partial charge in [0.1, 0.15) is 0 Å². The normalized spacial score (nSPS) is 30.3. The number of nitrogens with zero attached hydrogens (tertiary/aromatic N) is 1. The van der Waals surface area contributed by atoms with Gasteiger partial charge in [-0.05, 0) is 25.2 Å². The SMILES string of the molecule is Cl.N[C@@H]1CCC[C@H]1CC(=O)N1CCCN1. The quantitative estimate of drug-likeness (QED) is 0.737. The molecule has 2 rings (SSSR count). The van der Waals surface area contributed by atoms with E-state index in [1.54, 1.807) is 5.01 Å². The van der Waals surface area contributed by atoms with Crippen LogP contribution < -0.4 is 11.2 Å². The molecular formula is C10H20ClN3O. The van der Waals surface area contributed by atoms with E-state index in [1.807, 2.05) is 0 Å². The fourth-order valence-corrected chi connectivity index (χ4v) is 2.40. The minimum absolute atomic E-state index is 0. The Morgan fingerprint density at radius 2 is 2.20 bits per heavy atom. The van der Waals surface area contributed by atoms with Crippen molar-refractivity contribution in [2.45, 2.75) is 38.1 Å². The minimum Gasteiger partial charge on any atom is -0.327 e. The van der Waals surface area contributed by atoms with Gasteiger partial charge in [-0.3, -0.25) is 9.80 Å². The molecule has 0 aromatic rings. The zero-order valence-electron chi connectivity index (χ0n) is 8.95. The zero-order valence-corrected chi connectivity index (χ0v) is 9.76. The number of hydrogen-bond acceptors (Lipinski definition) is 3. The van der Waals surface area contributed by atoms with Crippen molar-refractivity contribution >= 4 is 18.3 Å². The maximum Gasteiger partial charge on any atom is 0.236 e. The lowest BCUT2D eigenvalue weighted by Gasteiger charge is -2.20. The fraction of sp³-hybridized carbons (Fsp3) is 0.900. The molecular weight excluding hydrogens is 214 g/mol. The van der Waals surface area contributed by atoms with Gasteiger partial charge in [-0.1, -0.05) is 6.42 Å². The molecule has 2 atom stereocenters. The molecule has 1 saturated heterocycles. The maximum absolute atomic E-state index is 11.8. The third-order valence-corrected chi connectivity index (χ3v) is 3.32. The Hall–Kier alpha value is -0.320. The Labute approximate surface area is 96.9 Å². The van der Waals surface area contributed by atoms with Crippen LogP contribution in [0.25, 0.3) is 0 Å². The minimum atomic E-state index is 0. The van der Waals surface area contributed by atoms with Crippen molar-refractivity contribution in [3.63, 3.8) is 0 Å². The molecule has 1 aliphatic heterocycles. The Morgan fingerprint density at radius 3 is 2.73 bits per heavy atom. The Morgan fingerprint density at radius 1 is 1.40 bits per heavy atom. The number of nitrogens with one attached hydrogen (secondary N) is 1. The number of hydrogen-bond donors (Lipinski definition) is 2. The summed E-state index contributed by atoms with van der Waals surface area (Å²) < 4.78 is 0. The Balaban J connectivity index is 0.00000112. The highest BCUT2D eigenvalue weighted by Crippen LogP contribution is 2.27. The highest BCUT2D eigenvalue weighted by atomic mass is 35.5. The average molecular weight is 234 g/mol. The lowest BCUT2D eigenvalue weighted by molar-refractivity contribution is -0.133. The first-order valence-corrected chi connectivity index (χ1v) is 5.57. The van der Waals surface area contributed by atoms with Crippen LogP contribution in [0.1, 0.15) is 32.1 Å². The van der Waals surface area contributed by atoms with E-state index >= 15 is 0 Å². The standard InChI is InChI=1S/C10H19N3O.ClH/c11-9-4-1-3-8(9)7-10(14)13-6-2-5-12-13;/h8-9,12H,1-7,11H2;1H/t8-,9+;/m0./s1. The third kappa shape index (κ3) is 3.06. The molecule has 0 radical (unpaired) electrons. The van der Waals surface area contributed by atoms with E-state index < -0.39 is 0 Å². The van der Waals surface area contributed by atoms with Gasteiger partial charge < -0.3 is 5.73 Å². The van der Waals surface area contributed by atoms with Gasteiger partial charge in [0.05, 0.1) is 0 Å². The van der Waals surface area contributed by atoms with E-state index in [1.165, 1.54) is 6.42 Å². The van der Waals surface area contributed by atoms with E-state index in [9.17, 15) is 4.79 Å². The lowest BCUT2D eigenvalue weighted by atomic mass is 10.00. The Bertz CT molecular complexity index is 219. The molecule has 2 fully saturated rings. The molecule has 0 spiro atoms. The van der Waals surface area contributed by atoms with Crippen LogP contribution in [0.5, 0.6) is 0 Å². The smallest absolute Gasteiger partial charge is 0.236 e. The van der Waals surface area contributed by atoms with Crippen LogP contribution in [0, 0.1) is 5.92 Å². The van der Waals surface area contributed by atoms with Crippen LogP contribution in [-0.4, -0.2) is 30.0 Å². The molecule has 5 heteroatoms. The molecule has 88 valence electrons. The van der Waals surface area contributed by atoms with Crippen molar-refractivity contribution in [1.29, 1.82) is 0 Å². The summed E-state index contributed by atoms with van der Waals surface area (Å²) >= 11 is 0. The number of carbonyl (C=O) groups is 1. The topological polar surface area (TPSA) is 58.4 Å². The van der Waals surface area contributed by atoms with Crippen LogP contribution in [-0.2, 0) is 4.79 Å². The number of rotatable bonds is 2. The molecule has 1 aliphatic carbocycles. The first kappa shape index (κ1) is 12.7. The molecule has 2 aliphatic rings. The average Bonchev–Trinajstić information content (AvgIpc) is 2.77.